The molecule has 1 aliphatic heterocycles. The molecule has 1 amide bonds. The third-order valence-electron chi connectivity index (χ3n) is 4.96. The number of piperazine rings is 1. The molecule has 2 aromatic heterocycles. The zero-order valence-corrected chi connectivity index (χ0v) is 17.1. The summed E-state index contributed by atoms with van der Waals surface area (Å²) in [6, 6.07) is 8.54. The Labute approximate surface area is 172 Å². The van der Waals surface area contributed by atoms with Crippen LogP contribution in [0.2, 0.25) is 0 Å². The molecule has 0 bridgehead atoms. The van der Waals surface area contributed by atoms with Crippen molar-refractivity contribution in [1.29, 1.82) is 0 Å². The topological polar surface area (TPSA) is 36.4 Å². The number of hydrogen-bond acceptors (Lipinski definition) is 5. The van der Waals surface area contributed by atoms with E-state index in [0.717, 1.165) is 55.4 Å². The third kappa shape index (κ3) is 4.84. The van der Waals surface area contributed by atoms with Crippen molar-refractivity contribution in [1.82, 2.24) is 14.8 Å². The van der Waals surface area contributed by atoms with Crippen molar-refractivity contribution in [2.24, 2.45) is 0 Å². The molecule has 0 aliphatic carbocycles. The highest BCUT2D eigenvalue weighted by Gasteiger charge is 2.21. The fourth-order valence-corrected chi connectivity index (χ4v) is 4.85. The number of halogens is 1. The summed E-state index contributed by atoms with van der Waals surface area (Å²) in [4.78, 5) is 21.4. The number of aromatic nitrogens is 1. The first-order valence-corrected chi connectivity index (χ1v) is 11.2. The van der Waals surface area contributed by atoms with Crippen LogP contribution in [0.15, 0.2) is 46.5 Å². The first-order valence-electron chi connectivity index (χ1n) is 9.39. The quantitative estimate of drug-likeness (QED) is 0.603. The fourth-order valence-electron chi connectivity index (χ4n) is 3.33. The Bertz CT molecular complexity index is 900. The number of benzene rings is 1. The summed E-state index contributed by atoms with van der Waals surface area (Å²) in [5.74, 6) is 0.0152. The van der Waals surface area contributed by atoms with Crippen LogP contribution in [-0.4, -0.2) is 46.9 Å². The molecule has 1 saturated heterocycles. The van der Waals surface area contributed by atoms with E-state index in [0.29, 0.717) is 6.42 Å². The standard InChI is InChI=1S/C21H22FN3OS2/c22-18-4-2-17(3-5-18)21-23-19(15-28-21)13-24-8-10-25(11-9-24)20(26)6-1-16-7-12-27-14-16/h2-5,7,12,14-15H,1,6,8-11,13H2. The van der Waals surface area contributed by atoms with Crippen molar-refractivity contribution in [2.45, 2.75) is 19.4 Å². The Hall–Kier alpha value is -2.09. The van der Waals surface area contributed by atoms with Crippen molar-refractivity contribution in [3.63, 3.8) is 0 Å². The summed E-state index contributed by atoms with van der Waals surface area (Å²) in [6.07, 6.45) is 1.41. The minimum Gasteiger partial charge on any atom is -0.340 e. The Kier molecular flexibility index (Phi) is 6.14. The van der Waals surface area contributed by atoms with Gasteiger partial charge in [-0.25, -0.2) is 9.37 Å². The Morgan fingerprint density at radius 2 is 1.86 bits per heavy atom. The molecule has 1 aliphatic rings. The Morgan fingerprint density at radius 1 is 1.07 bits per heavy atom. The first kappa shape index (κ1) is 19.2. The van der Waals surface area contributed by atoms with Crippen molar-refractivity contribution >= 4 is 28.6 Å². The molecular weight excluding hydrogens is 393 g/mol. The maximum absolute atomic E-state index is 13.1. The Balaban J connectivity index is 1.25. The van der Waals surface area contributed by atoms with Crippen LogP contribution in [0.1, 0.15) is 17.7 Å². The SMILES string of the molecule is O=C(CCc1ccsc1)N1CCN(Cc2csc(-c3ccc(F)cc3)n2)CC1. The van der Waals surface area contributed by atoms with Crippen LogP contribution in [0.4, 0.5) is 4.39 Å². The molecule has 146 valence electrons. The number of rotatable bonds is 6. The molecule has 0 radical (unpaired) electrons. The minimum atomic E-state index is -0.233. The molecule has 0 unspecified atom stereocenters. The van der Waals surface area contributed by atoms with Crippen LogP contribution in [0.25, 0.3) is 10.6 Å². The maximum atomic E-state index is 13.1. The van der Waals surface area contributed by atoms with Gasteiger partial charge in [0.25, 0.3) is 0 Å². The lowest BCUT2D eigenvalue weighted by atomic mass is 10.1. The van der Waals surface area contributed by atoms with Crippen LogP contribution in [0.3, 0.4) is 0 Å². The van der Waals surface area contributed by atoms with E-state index in [9.17, 15) is 9.18 Å². The van der Waals surface area contributed by atoms with E-state index in [-0.39, 0.29) is 11.7 Å². The normalized spacial score (nSPS) is 15.1. The van der Waals surface area contributed by atoms with Gasteiger partial charge in [0.05, 0.1) is 5.69 Å². The number of nitrogens with zero attached hydrogens (tertiary/aromatic N) is 3. The summed E-state index contributed by atoms with van der Waals surface area (Å²) < 4.78 is 13.1. The van der Waals surface area contributed by atoms with Gasteiger partial charge in [-0.3, -0.25) is 9.69 Å². The van der Waals surface area contributed by atoms with Gasteiger partial charge in [-0.2, -0.15) is 11.3 Å². The number of aryl methyl sites for hydroxylation is 1. The fraction of sp³-hybridized carbons (Fsp3) is 0.333. The van der Waals surface area contributed by atoms with Crippen LogP contribution in [-0.2, 0) is 17.8 Å². The maximum Gasteiger partial charge on any atom is 0.222 e. The zero-order valence-electron chi connectivity index (χ0n) is 15.5. The Morgan fingerprint density at radius 3 is 2.57 bits per heavy atom. The highest BCUT2D eigenvalue weighted by atomic mass is 32.1. The third-order valence-corrected chi connectivity index (χ3v) is 6.63. The van der Waals surface area contributed by atoms with Crippen LogP contribution >= 0.6 is 22.7 Å². The van der Waals surface area contributed by atoms with Gasteiger partial charge in [0, 0.05) is 50.1 Å². The summed E-state index contributed by atoms with van der Waals surface area (Å²) in [6.45, 7) is 4.07. The molecule has 4 rings (SSSR count). The zero-order chi connectivity index (χ0) is 19.3. The van der Waals surface area contributed by atoms with Gasteiger partial charge in [-0.1, -0.05) is 0 Å². The predicted molar refractivity (Wildman–Crippen MR) is 112 cm³/mol. The number of thiazole rings is 1. The van der Waals surface area contributed by atoms with E-state index >= 15 is 0 Å². The second kappa shape index (κ2) is 8.94. The summed E-state index contributed by atoms with van der Waals surface area (Å²) in [5, 5.41) is 7.15. The number of thiophene rings is 1. The average molecular weight is 416 g/mol. The largest absolute Gasteiger partial charge is 0.340 e. The van der Waals surface area contributed by atoms with E-state index < -0.39 is 0 Å². The van der Waals surface area contributed by atoms with E-state index in [1.807, 2.05) is 4.90 Å². The van der Waals surface area contributed by atoms with E-state index in [4.69, 9.17) is 4.98 Å². The lowest BCUT2D eigenvalue weighted by Gasteiger charge is -2.34. The second-order valence-corrected chi connectivity index (χ2v) is 8.58. The molecule has 1 aromatic carbocycles. The van der Waals surface area contributed by atoms with Crippen molar-refractivity contribution in [3.05, 3.63) is 63.5 Å². The van der Waals surface area contributed by atoms with E-state index in [1.54, 1.807) is 34.8 Å². The summed E-state index contributed by atoms with van der Waals surface area (Å²) in [7, 11) is 0. The molecule has 3 heterocycles. The lowest BCUT2D eigenvalue weighted by Crippen LogP contribution is -2.48. The predicted octanol–water partition coefficient (Wildman–Crippen LogP) is 4.29. The number of carbonyl (C=O) groups excluding carboxylic acids is 1. The van der Waals surface area contributed by atoms with E-state index in [2.05, 4.69) is 27.1 Å². The van der Waals surface area contributed by atoms with Crippen molar-refractivity contribution in [3.8, 4) is 10.6 Å². The van der Waals surface area contributed by atoms with Gasteiger partial charge in [-0.15, -0.1) is 11.3 Å². The molecule has 0 N–H and O–H groups in total. The van der Waals surface area contributed by atoms with Crippen molar-refractivity contribution < 1.29 is 9.18 Å². The molecular formula is C21H22FN3OS2. The monoisotopic (exact) mass is 415 g/mol. The van der Waals surface area contributed by atoms with Gasteiger partial charge in [0.15, 0.2) is 0 Å². The number of carbonyl (C=O) groups is 1. The number of hydrogen-bond donors (Lipinski definition) is 0. The summed E-state index contributed by atoms with van der Waals surface area (Å²) in [5.41, 5.74) is 3.22. The molecule has 0 saturated carbocycles. The molecule has 0 spiro atoms. The molecule has 28 heavy (non-hydrogen) atoms. The molecule has 4 nitrogen and oxygen atoms in total. The highest BCUT2D eigenvalue weighted by Crippen LogP contribution is 2.24. The molecule has 3 aromatic rings. The van der Waals surface area contributed by atoms with Gasteiger partial charge in [-0.05, 0) is 53.1 Å². The average Bonchev–Trinajstić information content (AvgIpc) is 3.39. The first-order chi connectivity index (χ1) is 13.7. The van der Waals surface area contributed by atoms with Gasteiger partial charge in [0.1, 0.15) is 10.8 Å². The minimum absolute atomic E-state index is 0.233. The van der Waals surface area contributed by atoms with Gasteiger partial charge in [0.2, 0.25) is 5.91 Å². The second-order valence-electron chi connectivity index (χ2n) is 6.94. The lowest BCUT2D eigenvalue weighted by molar-refractivity contribution is -0.133. The van der Waals surface area contributed by atoms with Crippen LogP contribution in [0.5, 0.6) is 0 Å². The van der Waals surface area contributed by atoms with Crippen LogP contribution < -0.4 is 0 Å². The highest BCUT2D eigenvalue weighted by molar-refractivity contribution is 7.13. The van der Waals surface area contributed by atoms with Gasteiger partial charge >= 0.3 is 0 Å². The molecule has 0 atom stereocenters. The number of amides is 1. The van der Waals surface area contributed by atoms with E-state index in [1.165, 1.54) is 17.7 Å². The van der Waals surface area contributed by atoms with Crippen molar-refractivity contribution in [2.75, 3.05) is 26.2 Å². The summed E-state index contributed by atoms with van der Waals surface area (Å²) >= 11 is 3.26. The smallest absolute Gasteiger partial charge is 0.222 e. The molecule has 1 fully saturated rings. The molecule has 7 heteroatoms. The van der Waals surface area contributed by atoms with Crippen LogP contribution in [0, 0.1) is 5.82 Å². The van der Waals surface area contributed by atoms with Gasteiger partial charge < -0.3 is 4.90 Å².